The van der Waals surface area contributed by atoms with E-state index in [1.807, 2.05) is 5.38 Å². The number of carbonyl (C=O) groups excluding carboxylic acids is 1. The Hall–Kier alpha value is -2.06. The van der Waals surface area contributed by atoms with Gasteiger partial charge in [-0.05, 0) is 24.6 Å². The van der Waals surface area contributed by atoms with Crippen molar-refractivity contribution >= 4 is 39.1 Å². The molecule has 0 aliphatic carbocycles. The number of halogens is 2. The maximum atomic E-state index is 13.4. The third-order valence-corrected chi connectivity index (χ3v) is 4.79. The van der Waals surface area contributed by atoms with Crippen LogP contribution in [-0.2, 0) is 9.53 Å². The van der Waals surface area contributed by atoms with Gasteiger partial charge in [0.2, 0.25) is 0 Å². The third kappa shape index (κ3) is 3.39. The molecule has 0 radical (unpaired) electrons. The number of nitrogens with one attached hydrogen (secondary N) is 1. The van der Waals surface area contributed by atoms with Crippen LogP contribution in [0.1, 0.15) is 23.5 Å². The summed E-state index contributed by atoms with van der Waals surface area (Å²) in [4.78, 5) is 21.1. The van der Waals surface area contributed by atoms with Crippen molar-refractivity contribution in [2.75, 3.05) is 6.61 Å². The standard InChI is InChI=1S/C16H13BrFN3O2S/c1-2-23-16(22)11-8-20-14(15-19-5-6-24-15)21-13(11)10-4-3-9(18)7-12(10)17/h3-8,13H,2H2,1H3,(H,20,21). The summed E-state index contributed by atoms with van der Waals surface area (Å²) in [5.41, 5.74) is 1.02. The predicted octanol–water partition coefficient (Wildman–Crippen LogP) is 3.58. The van der Waals surface area contributed by atoms with Gasteiger partial charge in [-0.25, -0.2) is 14.2 Å². The van der Waals surface area contributed by atoms with Crippen LogP contribution in [0.25, 0.3) is 0 Å². The van der Waals surface area contributed by atoms with Crippen molar-refractivity contribution in [1.29, 1.82) is 0 Å². The normalized spacial score (nSPS) is 16.9. The van der Waals surface area contributed by atoms with E-state index in [-0.39, 0.29) is 12.4 Å². The molecule has 5 nitrogen and oxygen atoms in total. The number of aliphatic imine (C=N–C) groups is 1. The van der Waals surface area contributed by atoms with Crippen molar-refractivity contribution in [2.45, 2.75) is 13.0 Å². The zero-order chi connectivity index (χ0) is 17.1. The molecule has 24 heavy (non-hydrogen) atoms. The summed E-state index contributed by atoms with van der Waals surface area (Å²) < 4.78 is 19.0. The van der Waals surface area contributed by atoms with E-state index in [1.165, 1.54) is 23.5 Å². The van der Waals surface area contributed by atoms with Gasteiger partial charge in [0.25, 0.3) is 0 Å². The van der Waals surface area contributed by atoms with Crippen LogP contribution in [0.5, 0.6) is 0 Å². The summed E-state index contributed by atoms with van der Waals surface area (Å²) in [5.74, 6) is -0.280. The van der Waals surface area contributed by atoms with Crippen molar-refractivity contribution in [3.05, 3.63) is 62.4 Å². The molecule has 0 saturated carbocycles. The number of carbonyl (C=O) groups is 1. The minimum atomic E-state index is -0.612. The molecular weight excluding hydrogens is 397 g/mol. The van der Waals surface area contributed by atoms with E-state index in [1.54, 1.807) is 25.4 Å². The fraction of sp³-hybridized carbons (Fsp3) is 0.188. The lowest BCUT2D eigenvalue weighted by atomic mass is 9.98. The average Bonchev–Trinajstić information content (AvgIpc) is 3.09. The lowest BCUT2D eigenvalue weighted by Gasteiger charge is -2.22. The number of nitrogens with zero attached hydrogens (tertiary/aromatic N) is 2. The van der Waals surface area contributed by atoms with Gasteiger partial charge in [-0.15, -0.1) is 11.3 Å². The SMILES string of the molecule is CCOC(=O)C1=CNC(c2nccs2)=NC1c1ccc(F)cc1Br. The second-order valence-electron chi connectivity index (χ2n) is 4.85. The molecule has 0 saturated heterocycles. The van der Waals surface area contributed by atoms with Crippen LogP contribution >= 0.6 is 27.3 Å². The first kappa shape index (κ1) is 16.8. The summed E-state index contributed by atoms with van der Waals surface area (Å²) in [5, 5.41) is 5.53. The highest BCUT2D eigenvalue weighted by Crippen LogP contribution is 2.34. The lowest BCUT2D eigenvalue weighted by molar-refractivity contribution is -0.138. The van der Waals surface area contributed by atoms with Gasteiger partial charge in [-0.1, -0.05) is 22.0 Å². The number of ether oxygens (including phenoxy) is 1. The zero-order valence-corrected chi connectivity index (χ0v) is 15.0. The largest absolute Gasteiger partial charge is 0.463 e. The van der Waals surface area contributed by atoms with E-state index in [4.69, 9.17) is 4.74 Å². The van der Waals surface area contributed by atoms with E-state index in [9.17, 15) is 9.18 Å². The van der Waals surface area contributed by atoms with Crippen molar-refractivity contribution in [3.8, 4) is 0 Å². The Morgan fingerprint density at radius 2 is 2.33 bits per heavy atom. The minimum absolute atomic E-state index is 0.260. The fourth-order valence-corrected chi connectivity index (χ4v) is 3.43. The molecule has 1 aromatic heterocycles. The first-order valence-corrected chi connectivity index (χ1v) is 8.83. The van der Waals surface area contributed by atoms with Crippen LogP contribution in [0.4, 0.5) is 4.39 Å². The Morgan fingerprint density at radius 3 is 3.00 bits per heavy atom. The molecule has 1 aliphatic heterocycles. The van der Waals surface area contributed by atoms with Crippen LogP contribution in [0.15, 0.2) is 51.0 Å². The Kier molecular flexibility index (Phi) is 5.06. The smallest absolute Gasteiger partial charge is 0.338 e. The number of esters is 1. The van der Waals surface area contributed by atoms with Gasteiger partial charge in [0.15, 0.2) is 10.8 Å². The molecule has 0 bridgehead atoms. The molecule has 1 aromatic carbocycles. The molecule has 2 aromatic rings. The first-order valence-electron chi connectivity index (χ1n) is 7.16. The Morgan fingerprint density at radius 1 is 1.50 bits per heavy atom. The fourth-order valence-electron chi connectivity index (χ4n) is 2.26. The van der Waals surface area contributed by atoms with Crippen LogP contribution in [-0.4, -0.2) is 23.4 Å². The van der Waals surface area contributed by atoms with Gasteiger partial charge in [-0.2, -0.15) is 0 Å². The molecule has 0 amide bonds. The number of rotatable bonds is 4. The lowest BCUT2D eigenvalue weighted by Crippen LogP contribution is -2.29. The number of hydrogen-bond donors (Lipinski definition) is 1. The minimum Gasteiger partial charge on any atom is -0.463 e. The molecule has 0 fully saturated rings. The summed E-state index contributed by atoms with van der Waals surface area (Å²) in [6.45, 7) is 2.00. The highest BCUT2D eigenvalue weighted by Gasteiger charge is 2.29. The number of thiazole rings is 1. The van der Waals surface area contributed by atoms with Gasteiger partial charge < -0.3 is 10.1 Å². The molecule has 1 N–H and O–H groups in total. The third-order valence-electron chi connectivity index (χ3n) is 3.32. The number of amidine groups is 1. The van der Waals surface area contributed by atoms with Crippen molar-refractivity contribution < 1.29 is 13.9 Å². The predicted molar refractivity (Wildman–Crippen MR) is 93.3 cm³/mol. The summed E-state index contributed by atoms with van der Waals surface area (Å²) in [7, 11) is 0. The zero-order valence-electron chi connectivity index (χ0n) is 12.6. The monoisotopic (exact) mass is 409 g/mol. The van der Waals surface area contributed by atoms with E-state index in [2.05, 4.69) is 31.2 Å². The maximum absolute atomic E-state index is 13.4. The Balaban J connectivity index is 2.04. The molecule has 124 valence electrons. The Labute approximate surface area is 150 Å². The van der Waals surface area contributed by atoms with E-state index in [0.29, 0.717) is 26.5 Å². The van der Waals surface area contributed by atoms with Crippen LogP contribution in [0.2, 0.25) is 0 Å². The molecule has 2 heterocycles. The number of hydrogen-bond acceptors (Lipinski definition) is 6. The van der Waals surface area contributed by atoms with Gasteiger partial charge in [0.05, 0.1) is 12.2 Å². The quantitative estimate of drug-likeness (QED) is 0.783. The first-order chi connectivity index (χ1) is 11.6. The van der Waals surface area contributed by atoms with Crippen molar-refractivity contribution in [2.24, 2.45) is 4.99 Å². The Bertz CT molecular complexity index is 821. The van der Waals surface area contributed by atoms with Gasteiger partial charge in [-0.3, -0.25) is 4.99 Å². The molecule has 1 unspecified atom stereocenters. The summed E-state index contributed by atoms with van der Waals surface area (Å²) in [6.07, 6.45) is 3.25. The van der Waals surface area contributed by atoms with Crippen LogP contribution in [0.3, 0.4) is 0 Å². The van der Waals surface area contributed by atoms with Crippen LogP contribution < -0.4 is 5.32 Å². The second-order valence-corrected chi connectivity index (χ2v) is 6.60. The molecule has 0 spiro atoms. The van der Waals surface area contributed by atoms with Crippen LogP contribution in [0, 0.1) is 5.82 Å². The topological polar surface area (TPSA) is 63.6 Å². The van der Waals surface area contributed by atoms with Crippen molar-refractivity contribution in [1.82, 2.24) is 10.3 Å². The maximum Gasteiger partial charge on any atom is 0.338 e. The van der Waals surface area contributed by atoms with Gasteiger partial charge in [0.1, 0.15) is 11.9 Å². The van der Waals surface area contributed by atoms with E-state index >= 15 is 0 Å². The molecule has 8 heteroatoms. The molecule has 3 rings (SSSR count). The number of aromatic nitrogens is 1. The highest BCUT2D eigenvalue weighted by atomic mass is 79.9. The molecule has 1 atom stereocenters. The van der Waals surface area contributed by atoms with Gasteiger partial charge >= 0.3 is 5.97 Å². The van der Waals surface area contributed by atoms with Gasteiger partial charge in [0, 0.05) is 22.2 Å². The van der Waals surface area contributed by atoms with Crippen molar-refractivity contribution in [3.63, 3.8) is 0 Å². The molecular formula is C16H13BrFN3O2S. The number of benzene rings is 1. The summed E-state index contributed by atoms with van der Waals surface area (Å²) in [6, 6.07) is 3.67. The van der Waals surface area contributed by atoms with E-state index in [0.717, 1.165) is 0 Å². The summed E-state index contributed by atoms with van der Waals surface area (Å²) >= 11 is 4.78. The highest BCUT2D eigenvalue weighted by molar-refractivity contribution is 9.10. The second kappa shape index (κ2) is 7.23. The molecule has 1 aliphatic rings. The van der Waals surface area contributed by atoms with E-state index < -0.39 is 12.0 Å². The average molecular weight is 410 g/mol.